The fourth-order valence-electron chi connectivity index (χ4n) is 2.39. The van der Waals surface area contributed by atoms with Crippen LogP contribution in [-0.4, -0.2) is 38.2 Å². The van der Waals surface area contributed by atoms with E-state index in [1.165, 1.54) is 13.2 Å². The van der Waals surface area contributed by atoms with E-state index in [1.807, 2.05) is 0 Å². The third-order valence-corrected chi connectivity index (χ3v) is 4.04. The second-order valence-electron chi connectivity index (χ2n) is 6.56. The van der Waals surface area contributed by atoms with Crippen molar-refractivity contribution < 1.29 is 33.3 Å². The van der Waals surface area contributed by atoms with E-state index in [9.17, 15) is 14.4 Å². The van der Waals surface area contributed by atoms with Gasteiger partial charge in [0.1, 0.15) is 24.7 Å². The Morgan fingerprint density at radius 1 is 1.03 bits per heavy atom. The van der Waals surface area contributed by atoms with Gasteiger partial charge in [-0.3, -0.25) is 0 Å². The molecule has 0 spiro atoms. The minimum absolute atomic E-state index is 0.0970. The van der Waals surface area contributed by atoms with Gasteiger partial charge in [0.25, 0.3) is 0 Å². The molecule has 0 aliphatic heterocycles. The SMILES string of the molecule is C=C(C)C(=O)OCCOc1ccc(C(=O)Oc2ccc(/C=C/C(=O)OC)cc2)cc1C. The average molecular weight is 424 g/mol. The number of ether oxygens (including phenoxy) is 4. The van der Waals surface area contributed by atoms with E-state index in [-0.39, 0.29) is 13.2 Å². The molecule has 0 saturated heterocycles. The number of aryl methyl sites for hydroxylation is 1. The Bertz CT molecular complexity index is 987. The zero-order valence-corrected chi connectivity index (χ0v) is 17.7. The molecule has 7 heteroatoms. The minimum Gasteiger partial charge on any atom is -0.490 e. The van der Waals surface area contributed by atoms with Gasteiger partial charge in [-0.1, -0.05) is 18.7 Å². The predicted octanol–water partition coefficient (Wildman–Crippen LogP) is 3.90. The van der Waals surface area contributed by atoms with Crippen LogP contribution < -0.4 is 9.47 Å². The number of methoxy groups -OCH3 is 1. The molecule has 0 aliphatic carbocycles. The van der Waals surface area contributed by atoms with E-state index < -0.39 is 17.9 Å². The molecule has 0 radical (unpaired) electrons. The summed E-state index contributed by atoms with van der Waals surface area (Å²) in [7, 11) is 1.30. The maximum atomic E-state index is 12.4. The summed E-state index contributed by atoms with van der Waals surface area (Å²) in [5.74, 6) is -0.484. The minimum atomic E-state index is -0.511. The van der Waals surface area contributed by atoms with Gasteiger partial charge >= 0.3 is 17.9 Å². The Hall–Kier alpha value is -3.87. The standard InChI is InChI=1S/C24H24O7/c1-16(2)23(26)30-14-13-29-21-11-8-19(15-17(21)3)24(27)31-20-9-5-18(6-10-20)7-12-22(25)28-4/h5-12,15H,1,13-14H2,2-4H3/b12-7+. The van der Waals surface area contributed by atoms with Gasteiger partial charge < -0.3 is 18.9 Å². The Kier molecular flexibility index (Phi) is 8.57. The molecule has 2 rings (SSSR count). The molecule has 0 bridgehead atoms. The van der Waals surface area contributed by atoms with Crippen molar-refractivity contribution in [2.75, 3.05) is 20.3 Å². The van der Waals surface area contributed by atoms with Crippen LogP contribution in [0.5, 0.6) is 11.5 Å². The van der Waals surface area contributed by atoms with Gasteiger partial charge in [-0.25, -0.2) is 14.4 Å². The molecule has 7 nitrogen and oxygen atoms in total. The summed E-state index contributed by atoms with van der Waals surface area (Å²) in [6, 6.07) is 11.6. The first kappa shape index (κ1) is 23.4. The van der Waals surface area contributed by atoms with E-state index in [1.54, 1.807) is 62.4 Å². The Morgan fingerprint density at radius 3 is 2.35 bits per heavy atom. The quantitative estimate of drug-likeness (QED) is 0.261. The average Bonchev–Trinajstić information content (AvgIpc) is 2.76. The fourth-order valence-corrected chi connectivity index (χ4v) is 2.39. The van der Waals surface area contributed by atoms with Gasteiger partial charge in [-0.15, -0.1) is 0 Å². The normalized spacial score (nSPS) is 10.4. The molecule has 0 saturated carbocycles. The van der Waals surface area contributed by atoms with E-state index in [2.05, 4.69) is 11.3 Å². The molecule has 2 aromatic carbocycles. The highest BCUT2D eigenvalue weighted by atomic mass is 16.6. The molecule has 0 heterocycles. The number of benzene rings is 2. The number of hydrogen-bond donors (Lipinski definition) is 0. The van der Waals surface area contributed by atoms with Crippen LogP contribution in [0.3, 0.4) is 0 Å². The van der Waals surface area contributed by atoms with E-state index >= 15 is 0 Å². The summed E-state index contributed by atoms with van der Waals surface area (Å²) in [6.07, 6.45) is 2.90. The summed E-state index contributed by atoms with van der Waals surface area (Å²) in [5.41, 5.74) is 2.19. The Morgan fingerprint density at radius 2 is 1.74 bits per heavy atom. The largest absolute Gasteiger partial charge is 0.490 e. The van der Waals surface area contributed by atoms with Crippen molar-refractivity contribution in [1.82, 2.24) is 0 Å². The van der Waals surface area contributed by atoms with Crippen LogP contribution in [0.2, 0.25) is 0 Å². The highest BCUT2D eigenvalue weighted by Crippen LogP contribution is 2.21. The molecule has 0 fully saturated rings. The van der Waals surface area contributed by atoms with Gasteiger partial charge in [0.05, 0.1) is 12.7 Å². The van der Waals surface area contributed by atoms with Crippen molar-refractivity contribution in [3.63, 3.8) is 0 Å². The molecule has 2 aromatic rings. The monoisotopic (exact) mass is 424 g/mol. The lowest BCUT2D eigenvalue weighted by atomic mass is 10.1. The van der Waals surface area contributed by atoms with Crippen LogP contribution in [0.1, 0.15) is 28.4 Å². The fraction of sp³-hybridized carbons (Fsp3) is 0.208. The summed E-state index contributed by atoms with van der Waals surface area (Å²) in [6.45, 7) is 7.15. The van der Waals surface area contributed by atoms with Crippen LogP contribution in [0.15, 0.2) is 60.7 Å². The first-order chi connectivity index (χ1) is 14.8. The zero-order chi connectivity index (χ0) is 22.8. The highest BCUT2D eigenvalue weighted by molar-refractivity contribution is 5.91. The van der Waals surface area contributed by atoms with Crippen molar-refractivity contribution in [3.8, 4) is 11.5 Å². The van der Waals surface area contributed by atoms with Gasteiger partial charge in [-0.2, -0.15) is 0 Å². The van der Waals surface area contributed by atoms with Crippen molar-refractivity contribution in [1.29, 1.82) is 0 Å². The lowest BCUT2D eigenvalue weighted by molar-refractivity contribution is -0.139. The maximum absolute atomic E-state index is 12.4. The topological polar surface area (TPSA) is 88.1 Å². The van der Waals surface area contributed by atoms with Gasteiger partial charge in [0.2, 0.25) is 0 Å². The molecule has 31 heavy (non-hydrogen) atoms. The van der Waals surface area contributed by atoms with E-state index in [0.29, 0.717) is 22.6 Å². The Labute approximate surface area is 180 Å². The van der Waals surface area contributed by atoms with Crippen molar-refractivity contribution >= 4 is 24.0 Å². The van der Waals surface area contributed by atoms with Crippen LogP contribution in [0.25, 0.3) is 6.08 Å². The molecular formula is C24H24O7. The summed E-state index contributed by atoms with van der Waals surface area (Å²) in [4.78, 5) is 34.9. The van der Waals surface area contributed by atoms with Crippen molar-refractivity contribution in [2.24, 2.45) is 0 Å². The number of carbonyl (C=O) groups excluding carboxylic acids is 3. The van der Waals surface area contributed by atoms with Crippen LogP contribution >= 0.6 is 0 Å². The number of esters is 3. The summed E-state index contributed by atoms with van der Waals surface area (Å²) in [5, 5.41) is 0. The molecule has 0 aromatic heterocycles. The first-order valence-electron chi connectivity index (χ1n) is 9.44. The first-order valence-corrected chi connectivity index (χ1v) is 9.44. The number of hydrogen-bond acceptors (Lipinski definition) is 7. The smallest absolute Gasteiger partial charge is 0.343 e. The molecule has 0 amide bonds. The van der Waals surface area contributed by atoms with Crippen molar-refractivity contribution in [2.45, 2.75) is 13.8 Å². The molecule has 0 aliphatic rings. The van der Waals surface area contributed by atoms with E-state index in [4.69, 9.17) is 14.2 Å². The molecule has 162 valence electrons. The molecule has 0 atom stereocenters. The maximum Gasteiger partial charge on any atom is 0.343 e. The highest BCUT2D eigenvalue weighted by Gasteiger charge is 2.11. The van der Waals surface area contributed by atoms with Gasteiger partial charge in [0.15, 0.2) is 0 Å². The van der Waals surface area contributed by atoms with Gasteiger partial charge in [-0.05, 0) is 61.4 Å². The third-order valence-electron chi connectivity index (χ3n) is 4.04. The third kappa shape index (κ3) is 7.47. The lowest BCUT2D eigenvalue weighted by Gasteiger charge is -2.11. The zero-order valence-electron chi connectivity index (χ0n) is 17.7. The Balaban J connectivity index is 1.91. The van der Waals surface area contributed by atoms with Crippen molar-refractivity contribution in [3.05, 3.63) is 77.4 Å². The second-order valence-corrected chi connectivity index (χ2v) is 6.56. The summed E-state index contributed by atoms with van der Waals surface area (Å²) < 4.78 is 20.5. The van der Waals surface area contributed by atoms with Gasteiger partial charge in [0, 0.05) is 11.6 Å². The van der Waals surface area contributed by atoms with Crippen LogP contribution in [-0.2, 0) is 19.1 Å². The molecular weight excluding hydrogens is 400 g/mol. The number of carbonyl (C=O) groups is 3. The molecule has 0 N–H and O–H groups in total. The predicted molar refractivity (Wildman–Crippen MR) is 115 cm³/mol. The second kappa shape index (κ2) is 11.3. The van der Waals surface area contributed by atoms with Crippen LogP contribution in [0.4, 0.5) is 0 Å². The lowest BCUT2D eigenvalue weighted by Crippen LogP contribution is -2.13. The summed E-state index contributed by atoms with van der Waals surface area (Å²) >= 11 is 0. The van der Waals surface area contributed by atoms with E-state index in [0.717, 1.165) is 11.1 Å². The van der Waals surface area contributed by atoms with Crippen LogP contribution in [0, 0.1) is 6.92 Å². The molecule has 0 unspecified atom stereocenters. The number of rotatable bonds is 9.